The number of nitrogens with zero attached hydrogens (tertiary/aromatic N) is 1. The van der Waals surface area contributed by atoms with E-state index in [9.17, 15) is 4.39 Å². The van der Waals surface area contributed by atoms with Gasteiger partial charge in [-0.25, -0.2) is 4.39 Å². The quantitative estimate of drug-likeness (QED) is 0.747. The van der Waals surface area contributed by atoms with Crippen molar-refractivity contribution in [3.8, 4) is 0 Å². The van der Waals surface area contributed by atoms with Gasteiger partial charge in [0.05, 0.1) is 6.20 Å². The third-order valence-electron chi connectivity index (χ3n) is 4.85. The summed E-state index contributed by atoms with van der Waals surface area (Å²) in [5, 5.41) is 3.50. The number of rotatable bonds is 7. The summed E-state index contributed by atoms with van der Waals surface area (Å²) < 4.78 is 13.1. The highest BCUT2D eigenvalue weighted by atomic mass is 19.1. The lowest BCUT2D eigenvalue weighted by Crippen LogP contribution is -2.22. The second-order valence-corrected chi connectivity index (χ2v) is 6.81. The van der Waals surface area contributed by atoms with Crippen LogP contribution >= 0.6 is 0 Å². The molecule has 3 heteroatoms. The van der Waals surface area contributed by atoms with Crippen molar-refractivity contribution in [3.63, 3.8) is 0 Å². The van der Waals surface area contributed by atoms with Crippen molar-refractivity contribution in [1.82, 2.24) is 10.3 Å². The molecule has 0 spiro atoms. The van der Waals surface area contributed by atoms with Gasteiger partial charge in [0.15, 0.2) is 0 Å². The standard InChI is InChI=1S/C18H29FN2/c1-14-5-7-16(8-6-14)4-3-9-20-11-15(2)17-10-18(19)13-21-12-17/h10,12-16,20H,3-9,11H2,1-2H3/t14?,15-,16?/m0/s1. The number of aromatic nitrogens is 1. The number of hydrogen-bond donors (Lipinski definition) is 1. The minimum atomic E-state index is -0.245. The van der Waals surface area contributed by atoms with E-state index >= 15 is 0 Å². The van der Waals surface area contributed by atoms with Crippen LogP contribution in [0, 0.1) is 17.7 Å². The van der Waals surface area contributed by atoms with Crippen LogP contribution in [0.5, 0.6) is 0 Å². The van der Waals surface area contributed by atoms with Gasteiger partial charge >= 0.3 is 0 Å². The molecule has 1 aromatic rings. The largest absolute Gasteiger partial charge is 0.316 e. The highest BCUT2D eigenvalue weighted by Crippen LogP contribution is 2.30. The van der Waals surface area contributed by atoms with Crippen LogP contribution in [0.3, 0.4) is 0 Å². The molecule has 1 heterocycles. The molecule has 118 valence electrons. The summed E-state index contributed by atoms with van der Waals surface area (Å²) in [5.74, 6) is 1.96. The first-order chi connectivity index (χ1) is 10.1. The van der Waals surface area contributed by atoms with Crippen molar-refractivity contribution < 1.29 is 4.39 Å². The van der Waals surface area contributed by atoms with Crippen LogP contribution in [-0.4, -0.2) is 18.1 Å². The first-order valence-electron chi connectivity index (χ1n) is 8.46. The number of nitrogens with one attached hydrogen (secondary N) is 1. The van der Waals surface area contributed by atoms with Crippen molar-refractivity contribution in [1.29, 1.82) is 0 Å². The molecule has 0 bridgehead atoms. The molecule has 0 amide bonds. The number of hydrogen-bond acceptors (Lipinski definition) is 2. The monoisotopic (exact) mass is 292 g/mol. The van der Waals surface area contributed by atoms with Gasteiger partial charge in [0, 0.05) is 12.7 Å². The molecule has 1 atom stereocenters. The van der Waals surface area contributed by atoms with Gasteiger partial charge in [0.2, 0.25) is 0 Å². The van der Waals surface area contributed by atoms with Crippen LogP contribution in [0.2, 0.25) is 0 Å². The highest BCUT2D eigenvalue weighted by molar-refractivity contribution is 5.15. The Kier molecular flexibility index (Phi) is 6.62. The molecule has 0 aromatic carbocycles. The third kappa shape index (κ3) is 5.74. The molecule has 21 heavy (non-hydrogen) atoms. The van der Waals surface area contributed by atoms with Gasteiger partial charge < -0.3 is 5.32 Å². The highest BCUT2D eigenvalue weighted by Gasteiger charge is 2.17. The lowest BCUT2D eigenvalue weighted by Gasteiger charge is -2.26. The lowest BCUT2D eigenvalue weighted by molar-refractivity contribution is 0.273. The Hall–Kier alpha value is -0.960. The maximum Gasteiger partial charge on any atom is 0.141 e. The summed E-state index contributed by atoms with van der Waals surface area (Å²) in [6.07, 6.45) is 11.3. The van der Waals surface area contributed by atoms with Gasteiger partial charge in [0.25, 0.3) is 0 Å². The Morgan fingerprint density at radius 2 is 2.05 bits per heavy atom. The fourth-order valence-corrected chi connectivity index (χ4v) is 3.27. The minimum absolute atomic E-state index is 0.245. The molecule has 2 rings (SSSR count). The maximum atomic E-state index is 13.1. The molecule has 1 N–H and O–H groups in total. The second-order valence-electron chi connectivity index (χ2n) is 6.81. The molecule has 0 aliphatic heterocycles. The van der Waals surface area contributed by atoms with E-state index in [1.807, 2.05) is 0 Å². The zero-order chi connectivity index (χ0) is 15.1. The fraction of sp³-hybridized carbons (Fsp3) is 0.722. The van der Waals surface area contributed by atoms with E-state index in [2.05, 4.69) is 24.1 Å². The Morgan fingerprint density at radius 1 is 1.29 bits per heavy atom. The molecule has 0 unspecified atom stereocenters. The summed E-state index contributed by atoms with van der Waals surface area (Å²) in [5.41, 5.74) is 0.976. The summed E-state index contributed by atoms with van der Waals surface area (Å²) in [6.45, 7) is 6.46. The summed E-state index contributed by atoms with van der Waals surface area (Å²) in [4.78, 5) is 3.91. The van der Waals surface area contributed by atoms with E-state index < -0.39 is 0 Å². The van der Waals surface area contributed by atoms with Crippen molar-refractivity contribution in [2.24, 2.45) is 11.8 Å². The lowest BCUT2D eigenvalue weighted by atomic mass is 9.81. The summed E-state index contributed by atoms with van der Waals surface area (Å²) >= 11 is 0. The first-order valence-corrected chi connectivity index (χ1v) is 8.46. The second kappa shape index (κ2) is 8.47. The Balaban J connectivity index is 1.57. The maximum absolute atomic E-state index is 13.1. The molecule has 0 saturated heterocycles. The number of halogens is 1. The van der Waals surface area contributed by atoms with Gasteiger partial charge in [0.1, 0.15) is 5.82 Å². The molecule has 1 saturated carbocycles. The van der Waals surface area contributed by atoms with Crippen LogP contribution in [-0.2, 0) is 0 Å². The van der Waals surface area contributed by atoms with E-state index in [4.69, 9.17) is 0 Å². The molecule has 1 fully saturated rings. The predicted molar refractivity (Wildman–Crippen MR) is 85.8 cm³/mol. The van der Waals surface area contributed by atoms with Crippen molar-refractivity contribution in [2.45, 2.75) is 58.3 Å². The smallest absolute Gasteiger partial charge is 0.141 e. The predicted octanol–water partition coefficient (Wildman–Crippen LogP) is 4.52. The number of pyridine rings is 1. The Labute approximate surface area is 128 Å². The van der Waals surface area contributed by atoms with Crippen LogP contribution in [0.1, 0.15) is 63.9 Å². The molecule has 1 aliphatic rings. The van der Waals surface area contributed by atoms with Crippen molar-refractivity contribution >= 4 is 0 Å². The van der Waals surface area contributed by atoms with Gasteiger partial charge in [-0.1, -0.05) is 39.5 Å². The first kappa shape index (κ1) is 16.4. The molecular weight excluding hydrogens is 263 g/mol. The van der Waals surface area contributed by atoms with E-state index in [1.165, 1.54) is 44.7 Å². The minimum Gasteiger partial charge on any atom is -0.316 e. The zero-order valence-corrected chi connectivity index (χ0v) is 13.4. The summed E-state index contributed by atoms with van der Waals surface area (Å²) in [6, 6.07) is 1.59. The van der Waals surface area contributed by atoms with Crippen LogP contribution < -0.4 is 5.32 Å². The van der Waals surface area contributed by atoms with Crippen LogP contribution in [0.25, 0.3) is 0 Å². The fourth-order valence-electron chi connectivity index (χ4n) is 3.27. The Morgan fingerprint density at radius 3 is 2.76 bits per heavy atom. The van der Waals surface area contributed by atoms with E-state index in [-0.39, 0.29) is 5.82 Å². The van der Waals surface area contributed by atoms with Crippen molar-refractivity contribution in [2.75, 3.05) is 13.1 Å². The molecule has 0 radical (unpaired) electrons. The SMILES string of the molecule is CC1CCC(CCCNC[C@H](C)c2cncc(F)c2)CC1. The topological polar surface area (TPSA) is 24.9 Å². The summed E-state index contributed by atoms with van der Waals surface area (Å²) in [7, 11) is 0. The van der Waals surface area contributed by atoms with Gasteiger partial charge in [-0.3, -0.25) is 4.98 Å². The Bertz CT molecular complexity index is 413. The van der Waals surface area contributed by atoms with E-state index in [0.29, 0.717) is 5.92 Å². The van der Waals surface area contributed by atoms with Gasteiger partial charge in [-0.15, -0.1) is 0 Å². The van der Waals surface area contributed by atoms with E-state index in [1.54, 1.807) is 12.3 Å². The molecular formula is C18H29FN2. The van der Waals surface area contributed by atoms with Crippen LogP contribution in [0.15, 0.2) is 18.5 Å². The molecule has 2 nitrogen and oxygen atoms in total. The third-order valence-corrected chi connectivity index (χ3v) is 4.85. The van der Waals surface area contributed by atoms with Gasteiger partial charge in [-0.2, -0.15) is 0 Å². The normalized spacial score (nSPS) is 24.0. The zero-order valence-electron chi connectivity index (χ0n) is 13.4. The molecule has 1 aliphatic carbocycles. The van der Waals surface area contributed by atoms with Crippen LogP contribution in [0.4, 0.5) is 4.39 Å². The van der Waals surface area contributed by atoms with E-state index in [0.717, 1.165) is 30.5 Å². The molecule has 1 aromatic heterocycles. The van der Waals surface area contributed by atoms with Crippen molar-refractivity contribution in [3.05, 3.63) is 29.8 Å². The average molecular weight is 292 g/mol. The van der Waals surface area contributed by atoms with Gasteiger partial charge in [-0.05, 0) is 48.8 Å². The average Bonchev–Trinajstić information content (AvgIpc) is 2.48.